The van der Waals surface area contributed by atoms with Gasteiger partial charge in [0.1, 0.15) is 11.9 Å². The minimum Gasteiger partial charge on any atom is -0.508 e. The lowest BCUT2D eigenvalue weighted by Gasteiger charge is -2.27. The van der Waals surface area contributed by atoms with Crippen LogP contribution in [-0.4, -0.2) is 25.1 Å². The van der Waals surface area contributed by atoms with Gasteiger partial charge in [-0.1, -0.05) is 12.1 Å². The third kappa shape index (κ3) is 2.35. The Morgan fingerprint density at radius 2 is 1.82 bits per heavy atom. The van der Waals surface area contributed by atoms with Gasteiger partial charge in [-0.3, -0.25) is 4.79 Å². The zero-order valence-corrected chi connectivity index (χ0v) is 12.3. The van der Waals surface area contributed by atoms with Gasteiger partial charge >= 0.3 is 0 Å². The summed E-state index contributed by atoms with van der Waals surface area (Å²) in [5.41, 5.74) is 1.31. The zero-order chi connectivity index (χ0) is 15.7. The van der Waals surface area contributed by atoms with E-state index in [2.05, 4.69) is 0 Å². The first-order chi connectivity index (χ1) is 10.6. The quantitative estimate of drug-likeness (QED) is 0.943. The molecule has 1 aliphatic rings. The average Bonchev–Trinajstić information content (AvgIpc) is 2.54. The summed E-state index contributed by atoms with van der Waals surface area (Å²) >= 11 is 0. The molecule has 1 N–H and O–H groups in total. The monoisotopic (exact) mass is 300 g/mol. The predicted octanol–water partition coefficient (Wildman–Crippen LogP) is 3.12. The summed E-state index contributed by atoms with van der Waals surface area (Å²) < 4.78 is 16.6. The summed E-state index contributed by atoms with van der Waals surface area (Å²) in [6, 6.07) is 10.0. The molecule has 5 heteroatoms. The first-order valence-electron chi connectivity index (χ1n) is 6.87. The number of hydrogen-bond donors (Lipinski definition) is 1. The summed E-state index contributed by atoms with van der Waals surface area (Å²) in [7, 11) is 3.04. The molecule has 114 valence electrons. The minimum atomic E-state index is -0.415. The lowest BCUT2D eigenvalue weighted by Crippen LogP contribution is -2.21. The van der Waals surface area contributed by atoms with Crippen LogP contribution >= 0.6 is 0 Å². The van der Waals surface area contributed by atoms with Crippen LogP contribution in [0.4, 0.5) is 0 Å². The number of benzene rings is 2. The van der Waals surface area contributed by atoms with Gasteiger partial charge in [-0.05, 0) is 29.8 Å². The van der Waals surface area contributed by atoms with E-state index in [1.54, 1.807) is 36.4 Å². The maximum Gasteiger partial charge on any atom is 0.204 e. The van der Waals surface area contributed by atoms with Crippen LogP contribution in [0.2, 0.25) is 0 Å². The highest BCUT2D eigenvalue weighted by Crippen LogP contribution is 2.45. The molecule has 2 aromatic carbocycles. The largest absolute Gasteiger partial charge is 0.508 e. The van der Waals surface area contributed by atoms with Crippen molar-refractivity contribution in [2.45, 2.75) is 12.5 Å². The van der Waals surface area contributed by atoms with Crippen molar-refractivity contribution in [1.29, 1.82) is 0 Å². The smallest absolute Gasteiger partial charge is 0.204 e. The van der Waals surface area contributed by atoms with Crippen molar-refractivity contribution < 1.29 is 24.1 Å². The van der Waals surface area contributed by atoms with Crippen molar-refractivity contribution in [2.24, 2.45) is 0 Å². The van der Waals surface area contributed by atoms with Crippen molar-refractivity contribution in [3.63, 3.8) is 0 Å². The molecule has 1 aliphatic heterocycles. The lowest BCUT2D eigenvalue weighted by atomic mass is 9.95. The second-order valence-corrected chi connectivity index (χ2v) is 5.00. The molecule has 0 radical (unpaired) electrons. The number of phenols is 1. The fourth-order valence-corrected chi connectivity index (χ4v) is 2.57. The molecule has 22 heavy (non-hydrogen) atoms. The van der Waals surface area contributed by atoms with Crippen molar-refractivity contribution in [3.05, 3.63) is 47.5 Å². The summed E-state index contributed by atoms with van der Waals surface area (Å²) in [6.07, 6.45) is -0.172. The Hall–Kier alpha value is -2.69. The number of ether oxygens (including phenoxy) is 3. The fraction of sp³-hybridized carbons (Fsp3) is 0.235. The first-order valence-corrected chi connectivity index (χ1v) is 6.87. The number of carbonyl (C=O) groups excluding carboxylic acids is 1. The topological polar surface area (TPSA) is 65.0 Å². The Balaban J connectivity index is 2.03. The van der Waals surface area contributed by atoms with Crippen LogP contribution in [0.15, 0.2) is 36.4 Å². The second-order valence-electron chi connectivity index (χ2n) is 5.00. The molecular weight excluding hydrogens is 284 g/mol. The number of carbonyl (C=O) groups is 1. The predicted molar refractivity (Wildman–Crippen MR) is 80.0 cm³/mol. The van der Waals surface area contributed by atoms with Crippen LogP contribution < -0.4 is 14.2 Å². The van der Waals surface area contributed by atoms with E-state index in [0.29, 0.717) is 22.8 Å². The van der Waals surface area contributed by atoms with Gasteiger partial charge < -0.3 is 19.3 Å². The molecule has 2 aromatic rings. The number of fused-ring (bicyclic) bond motifs is 1. The number of aromatic hydroxyl groups is 1. The van der Waals surface area contributed by atoms with Crippen molar-refractivity contribution in [3.8, 4) is 23.0 Å². The molecule has 0 aliphatic carbocycles. The molecule has 1 heterocycles. The Morgan fingerprint density at radius 3 is 2.45 bits per heavy atom. The van der Waals surface area contributed by atoms with E-state index in [0.717, 1.165) is 5.56 Å². The van der Waals surface area contributed by atoms with Crippen LogP contribution in [0.1, 0.15) is 28.4 Å². The van der Waals surface area contributed by atoms with Gasteiger partial charge in [0.15, 0.2) is 17.3 Å². The molecule has 0 aromatic heterocycles. The number of hydrogen-bond acceptors (Lipinski definition) is 5. The van der Waals surface area contributed by atoms with E-state index >= 15 is 0 Å². The van der Waals surface area contributed by atoms with E-state index in [1.807, 2.05) is 0 Å². The first kappa shape index (κ1) is 14.3. The van der Waals surface area contributed by atoms with Gasteiger partial charge in [0.2, 0.25) is 5.75 Å². The van der Waals surface area contributed by atoms with E-state index in [4.69, 9.17) is 14.2 Å². The van der Waals surface area contributed by atoms with Crippen molar-refractivity contribution in [1.82, 2.24) is 0 Å². The molecule has 0 bridgehead atoms. The zero-order valence-electron chi connectivity index (χ0n) is 12.3. The van der Waals surface area contributed by atoms with Crippen LogP contribution in [0.25, 0.3) is 0 Å². The maximum absolute atomic E-state index is 12.4. The molecule has 0 spiro atoms. The summed E-state index contributed by atoms with van der Waals surface area (Å²) in [4.78, 5) is 12.4. The van der Waals surface area contributed by atoms with Gasteiger partial charge in [0, 0.05) is 0 Å². The van der Waals surface area contributed by atoms with Crippen molar-refractivity contribution in [2.75, 3.05) is 14.2 Å². The fourth-order valence-electron chi connectivity index (χ4n) is 2.57. The molecule has 1 atom stereocenters. The molecule has 0 fully saturated rings. The highest BCUT2D eigenvalue weighted by molar-refractivity contribution is 6.01. The standard InChI is InChI=1S/C17H16O5/c1-20-14-8-7-12-13(19)9-15(22-16(12)17(14)21-2)10-3-5-11(18)6-4-10/h3-8,15,18H,9H2,1-2H3. The van der Waals surface area contributed by atoms with Gasteiger partial charge in [0.25, 0.3) is 0 Å². The number of Topliss-reactive ketones (excluding diaryl/α,β-unsaturated/α-hetero) is 1. The molecular formula is C17H16O5. The van der Waals surface area contributed by atoms with E-state index in [9.17, 15) is 9.90 Å². The summed E-state index contributed by atoms with van der Waals surface area (Å²) in [5, 5.41) is 9.37. The Kier molecular flexibility index (Phi) is 3.63. The molecule has 5 nitrogen and oxygen atoms in total. The van der Waals surface area contributed by atoms with Crippen molar-refractivity contribution >= 4 is 5.78 Å². The summed E-state index contributed by atoms with van der Waals surface area (Å²) in [5.74, 6) is 1.49. The molecule has 1 unspecified atom stereocenters. The van der Waals surface area contributed by atoms with E-state index in [-0.39, 0.29) is 18.0 Å². The Bertz CT molecular complexity index is 706. The van der Waals surface area contributed by atoms with Gasteiger partial charge in [-0.15, -0.1) is 0 Å². The van der Waals surface area contributed by atoms with Gasteiger partial charge in [0.05, 0.1) is 26.2 Å². The number of methoxy groups -OCH3 is 2. The second kappa shape index (κ2) is 5.60. The minimum absolute atomic E-state index is 0.0136. The SMILES string of the molecule is COc1ccc2c(c1OC)OC(c1ccc(O)cc1)CC2=O. The molecule has 0 saturated carbocycles. The number of rotatable bonds is 3. The van der Waals surface area contributed by atoms with Crippen LogP contribution in [-0.2, 0) is 0 Å². The Labute approximate surface area is 128 Å². The van der Waals surface area contributed by atoms with Crippen LogP contribution in [0.5, 0.6) is 23.0 Å². The Morgan fingerprint density at radius 1 is 1.09 bits per heavy atom. The normalized spacial score (nSPS) is 16.6. The van der Waals surface area contributed by atoms with Gasteiger partial charge in [-0.25, -0.2) is 0 Å². The third-order valence-electron chi connectivity index (χ3n) is 3.70. The van der Waals surface area contributed by atoms with E-state index in [1.165, 1.54) is 14.2 Å². The molecule has 0 saturated heterocycles. The third-order valence-corrected chi connectivity index (χ3v) is 3.70. The highest BCUT2D eigenvalue weighted by Gasteiger charge is 2.31. The number of phenolic OH excluding ortho intramolecular Hbond substituents is 1. The van der Waals surface area contributed by atoms with Crippen LogP contribution in [0, 0.1) is 0 Å². The maximum atomic E-state index is 12.4. The lowest BCUT2D eigenvalue weighted by molar-refractivity contribution is 0.0841. The summed E-state index contributed by atoms with van der Waals surface area (Å²) in [6.45, 7) is 0. The molecule has 3 rings (SSSR count). The average molecular weight is 300 g/mol. The highest BCUT2D eigenvalue weighted by atomic mass is 16.5. The van der Waals surface area contributed by atoms with E-state index < -0.39 is 6.10 Å². The van der Waals surface area contributed by atoms with Gasteiger partial charge in [-0.2, -0.15) is 0 Å². The molecule has 0 amide bonds. The van der Waals surface area contributed by atoms with Crippen LogP contribution in [0.3, 0.4) is 0 Å². The number of ketones is 1.